The summed E-state index contributed by atoms with van der Waals surface area (Å²) >= 11 is 0. The summed E-state index contributed by atoms with van der Waals surface area (Å²) in [6.07, 6.45) is 1.11. The Kier molecular flexibility index (Phi) is 1.91. The number of hydrogen-bond donors (Lipinski definition) is 0. The molecule has 0 aliphatic carbocycles. The molecule has 1 aromatic rings. The van der Waals surface area contributed by atoms with Gasteiger partial charge in [0.25, 0.3) is 0 Å². The Morgan fingerprint density at radius 2 is 2.20 bits per heavy atom. The van der Waals surface area contributed by atoms with Crippen LogP contribution in [-0.2, 0) is 23.4 Å². The fourth-order valence-corrected chi connectivity index (χ4v) is 2.81. The summed E-state index contributed by atoms with van der Waals surface area (Å²) in [6, 6.07) is 6.82. The van der Waals surface area contributed by atoms with Gasteiger partial charge in [-0.3, -0.25) is 4.90 Å². The Bertz CT molecular complexity index is 394. The first-order valence-corrected chi connectivity index (χ1v) is 5.68. The molecule has 0 aromatic heterocycles. The Hall–Kier alpha value is -0.860. The lowest BCUT2D eigenvalue weighted by Gasteiger charge is -2.45. The van der Waals surface area contributed by atoms with Gasteiger partial charge in [0, 0.05) is 13.1 Å². The van der Waals surface area contributed by atoms with Gasteiger partial charge in [-0.15, -0.1) is 0 Å². The standard InChI is InChI=1S/C13H17NO/c1-3-10-4-5-12-11(6-10)7-15-13(12)8-14(2)9-13/h4-6H,3,7-9H2,1-2H3. The van der Waals surface area contributed by atoms with Crippen LogP contribution in [-0.4, -0.2) is 25.0 Å². The van der Waals surface area contributed by atoms with E-state index in [1.54, 1.807) is 0 Å². The zero-order valence-electron chi connectivity index (χ0n) is 9.42. The lowest BCUT2D eigenvalue weighted by molar-refractivity contribution is -0.132. The minimum absolute atomic E-state index is 0.0381. The molecule has 2 aliphatic heterocycles. The third kappa shape index (κ3) is 1.25. The van der Waals surface area contributed by atoms with Crippen LogP contribution in [0.15, 0.2) is 18.2 Å². The van der Waals surface area contributed by atoms with Crippen molar-refractivity contribution >= 4 is 0 Å². The van der Waals surface area contributed by atoms with Crippen LogP contribution < -0.4 is 0 Å². The summed E-state index contributed by atoms with van der Waals surface area (Å²) in [5.74, 6) is 0. The zero-order valence-corrected chi connectivity index (χ0v) is 9.42. The van der Waals surface area contributed by atoms with Gasteiger partial charge in [0.15, 0.2) is 0 Å². The molecule has 2 heteroatoms. The molecule has 0 radical (unpaired) electrons. The van der Waals surface area contributed by atoms with Crippen molar-refractivity contribution in [3.63, 3.8) is 0 Å². The van der Waals surface area contributed by atoms with Crippen molar-refractivity contribution < 1.29 is 4.74 Å². The van der Waals surface area contributed by atoms with Crippen LogP contribution in [0.25, 0.3) is 0 Å². The number of likely N-dealkylation sites (N-methyl/N-ethyl adjacent to an activating group) is 1. The van der Waals surface area contributed by atoms with E-state index in [1.807, 2.05) is 0 Å². The Morgan fingerprint density at radius 3 is 2.87 bits per heavy atom. The largest absolute Gasteiger partial charge is 0.363 e. The predicted molar refractivity (Wildman–Crippen MR) is 59.8 cm³/mol. The number of likely N-dealkylation sites (tertiary alicyclic amines) is 1. The fraction of sp³-hybridized carbons (Fsp3) is 0.538. The topological polar surface area (TPSA) is 12.5 Å². The molecular formula is C13H17NO. The average molecular weight is 203 g/mol. The highest BCUT2D eigenvalue weighted by molar-refractivity contribution is 5.40. The Balaban J connectivity index is 1.98. The molecule has 0 N–H and O–H groups in total. The highest BCUT2D eigenvalue weighted by Crippen LogP contribution is 2.42. The van der Waals surface area contributed by atoms with Crippen molar-refractivity contribution in [2.45, 2.75) is 25.6 Å². The SMILES string of the molecule is CCc1ccc2c(c1)COC21CN(C)C1. The molecule has 2 aliphatic rings. The van der Waals surface area contributed by atoms with E-state index in [1.165, 1.54) is 16.7 Å². The number of rotatable bonds is 1. The van der Waals surface area contributed by atoms with E-state index >= 15 is 0 Å². The summed E-state index contributed by atoms with van der Waals surface area (Å²) in [6.45, 7) is 5.10. The maximum Gasteiger partial charge on any atom is 0.119 e. The molecule has 1 fully saturated rings. The zero-order chi connectivity index (χ0) is 10.5. The Labute approximate surface area is 90.8 Å². The lowest BCUT2D eigenvalue weighted by atomic mass is 9.85. The molecule has 80 valence electrons. The van der Waals surface area contributed by atoms with Crippen LogP contribution in [0.4, 0.5) is 0 Å². The van der Waals surface area contributed by atoms with Crippen molar-refractivity contribution in [3.05, 3.63) is 34.9 Å². The molecule has 0 bridgehead atoms. The van der Waals surface area contributed by atoms with E-state index in [4.69, 9.17) is 4.74 Å². The fourth-order valence-electron chi connectivity index (χ4n) is 2.81. The van der Waals surface area contributed by atoms with Gasteiger partial charge >= 0.3 is 0 Å². The van der Waals surface area contributed by atoms with Crippen LogP contribution in [0.5, 0.6) is 0 Å². The smallest absolute Gasteiger partial charge is 0.119 e. The van der Waals surface area contributed by atoms with Gasteiger partial charge < -0.3 is 4.74 Å². The third-order valence-corrected chi connectivity index (χ3v) is 3.62. The van der Waals surface area contributed by atoms with Gasteiger partial charge in [-0.1, -0.05) is 25.1 Å². The van der Waals surface area contributed by atoms with Crippen LogP contribution in [0.3, 0.4) is 0 Å². The summed E-state index contributed by atoms with van der Waals surface area (Å²) in [5.41, 5.74) is 4.29. The Morgan fingerprint density at radius 1 is 1.40 bits per heavy atom. The van der Waals surface area contributed by atoms with E-state index in [0.717, 1.165) is 26.1 Å². The van der Waals surface area contributed by atoms with Gasteiger partial charge in [0.1, 0.15) is 5.60 Å². The molecule has 2 nitrogen and oxygen atoms in total. The quantitative estimate of drug-likeness (QED) is 0.691. The first-order valence-electron chi connectivity index (χ1n) is 5.68. The van der Waals surface area contributed by atoms with Gasteiger partial charge in [0.2, 0.25) is 0 Å². The number of aryl methyl sites for hydroxylation is 1. The molecular weight excluding hydrogens is 186 g/mol. The lowest BCUT2D eigenvalue weighted by Crippen LogP contribution is -2.57. The molecule has 1 saturated heterocycles. The predicted octanol–water partition coefficient (Wildman–Crippen LogP) is 1.92. The molecule has 2 heterocycles. The van der Waals surface area contributed by atoms with Gasteiger partial charge in [0.05, 0.1) is 6.61 Å². The van der Waals surface area contributed by atoms with Crippen LogP contribution >= 0.6 is 0 Å². The van der Waals surface area contributed by atoms with Gasteiger partial charge in [-0.2, -0.15) is 0 Å². The minimum Gasteiger partial charge on any atom is -0.363 e. The highest BCUT2D eigenvalue weighted by Gasteiger charge is 2.48. The average Bonchev–Trinajstić information content (AvgIpc) is 2.57. The second kappa shape index (κ2) is 3.06. The molecule has 1 spiro atoms. The summed E-state index contributed by atoms with van der Waals surface area (Å²) in [4.78, 5) is 2.31. The maximum absolute atomic E-state index is 5.98. The van der Waals surface area contributed by atoms with Crippen molar-refractivity contribution in [1.29, 1.82) is 0 Å². The summed E-state index contributed by atoms with van der Waals surface area (Å²) in [5, 5.41) is 0. The van der Waals surface area contributed by atoms with Gasteiger partial charge in [-0.05, 0) is 30.2 Å². The molecule has 3 rings (SSSR count). The molecule has 1 aromatic carbocycles. The van der Waals surface area contributed by atoms with Crippen molar-refractivity contribution in [2.75, 3.05) is 20.1 Å². The van der Waals surface area contributed by atoms with Crippen LogP contribution in [0.1, 0.15) is 23.6 Å². The second-order valence-electron chi connectivity index (χ2n) is 4.80. The van der Waals surface area contributed by atoms with Crippen molar-refractivity contribution in [1.82, 2.24) is 4.90 Å². The van der Waals surface area contributed by atoms with E-state index in [2.05, 4.69) is 37.1 Å². The molecule has 15 heavy (non-hydrogen) atoms. The first kappa shape index (κ1) is 9.37. The van der Waals surface area contributed by atoms with Gasteiger partial charge in [-0.25, -0.2) is 0 Å². The monoisotopic (exact) mass is 203 g/mol. The molecule has 0 amide bonds. The van der Waals surface area contributed by atoms with Crippen molar-refractivity contribution in [2.24, 2.45) is 0 Å². The number of ether oxygens (including phenoxy) is 1. The second-order valence-corrected chi connectivity index (χ2v) is 4.80. The van der Waals surface area contributed by atoms with E-state index in [-0.39, 0.29) is 5.60 Å². The molecule has 0 unspecified atom stereocenters. The van der Waals surface area contributed by atoms with Crippen LogP contribution in [0.2, 0.25) is 0 Å². The van der Waals surface area contributed by atoms with E-state index in [0.29, 0.717) is 0 Å². The van der Waals surface area contributed by atoms with E-state index in [9.17, 15) is 0 Å². The number of benzene rings is 1. The highest BCUT2D eigenvalue weighted by atomic mass is 16.5. The van der Waals surface area contributed by atoms with Crippen molar-refractivity contribution in [3.8, 4) is 0 Å². The molecule has 0 saturated carbocycles. The summed E-state index contributed by atoms with van der Waals surface area (Å²) < 4.78 is 5.98. The third-order valence-electron chi connectivity index (χ3n) is 3.62. The summed E-state index contributed by atoms with van der Waals surface area (Å²) in [7, 11) is 2.15. The normalized spacial score (nSPS) is 22.8. The minimum atomic E-state index is 0.0381. The van der Waals surface area contributed by atoms with Crippen LogP contribution in [0, 0.1) is 0 Å². The maximum atomic E-state index is 5.98. The number of fused-ring (bicyclic) bond motifs is 2. The first-order chi connectivity index (χ1) is 7.23. The van der Waals surface area contributed by atoms with E-state index < -0.39 is 0 Å². The molecule has 0 atom stereocenters. The number of hydrogen-bond acceptors (Lipinski definition) is 2. The number of nitrogens with zero attached hydrogens (tertiary/aromatic N) is 1.